The van der Waals surface area contributed by atoms with E-state index in [1.807, 2.05) is 54.6 Å². The molecule has 1 saturated heterocycles. The van der Waals surface area contributed by atoms with Crippen LogP contribution < -0.4 is 0 Å². The molecule has 1 heterocycles. The van der Waals surface area contributed by atoms with Crippen LogP contribution in [0.3, 0.4) is 0 Å². The lowest BCUT2D eigenvalue weighted by atomic mass is 9.89. The van der Waals surface area contributed by atoms with Crippen LogP contribution in [0.1, 0.15) is 28.7 Å². The fraction of sp³-hybridized carbons (Fsp3) is 0.240. The summed E-state index contributed by atoms with van der Waals surface area (Å²) in [4.78, 5) is 14.2. The summed E-state index contributed by atoms with van der Waals surface area (Å²) in [6.45, 7) is 1.37. The van der Waals surface area contributed by atoms with Crippen LogP contribution in [0.2, 0.25) is 0 Å². The standard InChI is InChI=1S/C25H23NO3/c27-24(17-8-2-1-3-9-17)18-14-26(15-18)25(28)29-16-23-21-12-6-4-10-19(21)20-11-5-7-13-22(20)23/h1-13,18,23-24,27H,14-16H2. The first-order valence-corrected chi connectivity index (χ1v) is 10.1. The summed E-state index contributed by atoms with van der Waals surface area (Å²) in [6.07, 6.45) is -0.850. The largest absolute Gasteiger partial charge is 0.448 e. The highest BCUT2D eigenvalue weighted by molar-refractivity contribution is 5.79. The molecule has 146 valence electrons. The molecule has 0 radical (unpaired) electrons. The molecule has 4 heteroatoms. The fourth-order valence-electron chi connectivity index (χ4n) is 4.47. The molecule has 1 atom stereocenters. The highest BCUT2D eigenvalue weighted by atomic mass is 16.6. The van der Waals surface area contributed by atoms with E-state index < -0.39 is 6.10 Å². The fourth-order valence-corrected chi connectivity index (χ4v) is 4.47. The van der Waals surface area contributed by atoms with Crippen LogP contribution in [-0.4, -0.2) is 35.8 Å². The van der Waals surface area contributed by atoms with Crippen molar-refractivity contribution >= 4 is 6.09 Å². The Hall–Kier alpha value is -3.11. The first-order chi connectivity index (χ1) is 14.2. The number of aliphatic hydroxyl groups excluding tert-OH is 1. The molecule has 0 aromatic heterocycles. The Morgan fingerprint density at radius 1 is 0.897 bits per heavy atom. The lowest BCUT2D eigenvalue weighted by molar-refractivity contribution is -0.00728. The number of hydrogen-bond acceptors (Lipinski definition) is 3. The summed E-state index contributed by atoms with van der Waals surface area (Å²) in [5.41, 5.74) is 5.76. The summed E-state index contributed by atoms with van der Waals surface area (Å²) in [6, 6.07) is 26.2. The van der Waals surface area contributed by atoms with Gasteiger partial charge in [0.1, 0.15) is 6.61 Å². The van der Waals surface area contributed by atoms with Gasteiger partial charge in [-0.05, 0) is 27.8 Å². The van der Waals surface area contributed by atoms with E-state index in [1.165, 1.54) is 22.3 Å². The minimum atomic E-state index is -0.547. The Morgan fingerprint density at radius 3 is 2.07 bits per heavy atom. The van der Waals surface area contributed by atoms with Gasteiger partial charge in [0.2, 0.25) is 0 Å². The number of likely N-dealkylation sites (tertiary alicyclic amines) is 1. The van der Waals surface area contributed by atoms with Crippen molar-refractivity contribution in [3.05, 3.63) is 95.6 Å². The molecule has 0 saturated carbocycles. The Labute approximate surface area is 170 Å². The summed E-state index contributed by atoms with van der Waals surface area (Å²) < 4.78 is 5.68. The van der Waals surface area contributed by atoms with Gasteiger partial charge in [0.15, 0.2) is 0 Å². The van der Waals surface area contributed by atoms with Gasteiger partial charge in [0.25, 0.3) is 0 Å². The molecule has 4 nitrogen and oxygen atoms in total. The van der Waals surface area contributed by atoms with E-state index in [9.17, 15) is 9.90 Å². The predicted molar refractivity (Wildman–Crippen MR) is 112 cm³/mol. The highest BCUT2D eigenvalue weighted by Gasteiger charge is 2.37. The molecule has 2 aliphatic rings. The van der Waals surface area contributed by atoms with E-state index in [0.717, 1.165) is 5.56 Å². The number of fused-ring (bicyclic) bond motifs is 3. The quantitative estimate of drug-likeness (QED) is 0.714. The molecule has 1 unspecified atom stereocenters. The zero-order chi connectivity index (χ0) is 19.8. The molecule has 1 fully saturated rings. The molecule has 1 aliphatic carbocycles. The summed E-state index contributed by atoms with van der Waals surface area (Å²) in [5, 5.41) is 10.5. The average Bonchev–Trinajstić information content (AvgIpc) is 3.05. The van der Waals surface area contributed by atoms with Crippen molar-refractivity contribution in [1.82, 2.24) is 4.90 Å². The van der Waals surface area contributed by atoms with Gasteiger partial charge in [-0.1, -0.05) is 78.9 Å². The summed E-state index contributed by atoms with van der Waals surface area (Å²) in [7, 11) is 0. The number of benzene rings is 3. The van der Waals surface area contributed by atoms with Crippen molar-refractivity contribution in [3.8, 4) is 11.1 Å². The number of ether oxygens (including phenoxy) is 1. The zero-order valence-electron chi connectivity index (χ0n) is 16.1. The van der Waals surface area contributed by atoms with Crippen molar-refractivity contribution < 1.29 is 14.6 Å². The second-order valence-corrected chi connectivity index (χ2v) is 7.82. The van der Waals surface area contributed by atoms with Crippen LogP contribution in [0.4, 0.5) is 4.79 Å². The van der Waals surface area contributed by atoms with Crippen LogP contribution in [0.5, 0.6) is 0 Å². The minimum absolute atomic E-state index is 0.0536. The second kappa shape index (κ2) is 7.37. The van der Waals surface area contributed by atoms with E-state index in [0.29, 0.717) is 19.7 Å². The van der Waals surface area contributed by atoms with E-state index >= 15 is 0 Å². The molecule has 3 aromatic carbocycles. The number of amides is 1. The van der Waals surface area contributed by atoms with Crippen LogP contribution in [-0.2, 0) is 4.74 Å². The number of carbonyl (C=O) groups is 1. The van der Waals surface area contributed by atoms with E-state index in [2.05, 4.69) is 24.3 Å². The molecule has 29 heavy (non-hydrogen) atoms. The second-order valence-electron chi connectivity index (χ2n) is 7.82. The third kappa shape index (κ3) is 3.19. The van der Waals surface area contributed by atoms with Crippen molar-refractivity contribution in [2.75, 3.05) is 19.7 Å². The van der Waals surface area contributed by atoms with Gasteiger partial charge in [0, 0.05) is 24.9 Å². The first-order valence-electron chi connectivity index (χ1n) is 10.1. The molecule has 1 aliphatic heterocycles. The van der Waals surface area contributed by atoms with Crippen LogP contribution in [0.15, 0.2) is 78.9 Å². The molecular formula is C25H23NO3. The Bertz CT molecular complexity index is 982. The normalized spacial score (nSPS) is 16.7. The average molecular weight is 385 g/mol. The van der Waals surface area contributed by atoms with Crippen molar-refractivity contribution in [3.63, 3.8) is 0 Å². The summed E-state index contributed by atoms with van der Waals surface area (Å²) >= 11 is 0. The molecule has 1 N–H and O–H groups in total. The maximum absolute atomic E-state index is 12.5. The topological polar surface area (TPSA) is 49.8 Å². The Balaban J connectivity index is 1.21. The summed E-state index contributed by atoms with van der Waals surface area (Å²) in [5.74, 6) is 0.121. The van der Waals surface area contributed by atoms with Gasteiger partial charge in [-0.15, -0.1) is 0 Å². The van der Waals surface area contributed by atoms with Crippen molar-refractivity contribution in [2.45, 2.75) is 12.0 Å². The molecule has 0 spiro atoms. The van der Waals surface area contributed by atoms with Crippen molar-refractivity contribution in [1.29, 1.82) is 0 Å². The maximum atomic E-state index is 12.5. The number of aliphatic hydroxyl groups is 1. The van der Waals surface area contributed by atoms with Gasteiger partial charge in [-0.3, -0.25) is 0 Å². The van der Waals surface area contributed by atoms with Gasteiger partial charge in [-0.25, -0.2) is 4.79 Å². The van der Waals surface area contributed by atoms with Crippen molar-refractivity contribution in [2.24, 2.45) is 5.92 Å². The van der Waals surface area contributed by atoms with Gasteiger partial charge >= 0.3 is 6.09 Å². The smallest absolute Gasteiger partial charge is 0.409 e. The third-order valence-electron chi connectivity index (χ3n) is 6.09. The number of hydrogen-bond donors (Lipinski definition) is 1. The number of carbonyl (C=O) groups excluding carboxylic acids is 1. The van der Waals surface area contributed by atoms with Crippen LogP contribution in [0, 0.1) is 5.92 Å². The van der Waals surface area contributed by atoms with Gasteiger partial charge in [0.05, 0.1) is 6.10 Å². The lowest BCUT2D eigenvalue weighted by Gasteiger charge is -2.41. The number of rotatable bonds is 4. The molecule has 0 bridgehead atoms. The monoisotopic (exact) mass is 385 g/mol. The molecular weight excluding hydrogens is 362 g/mol. The minimum Gasteiger partial charge on any atom is -0.448 e. The Morgan fingerprint density at radius 2 is 1.45 bits per heavy atom. The van der Waals surface area contributed by atoms with Gasteiger partial charge in [-0.2, -0.15) is 0 Å². The van der Waals surface area contributed by atoms with E-state index in [1.54, 1.807) is 4.90 Å². The molecule has 1 amide bonds. The maximum Gasteiger partial charge on any atom is 0.409 e. The SMILES string of the molecule is O=C(OCC1c2ccccc2-c2ccccc21)N1CC(C(O)c2ccccc2)C1. The zero-order valence-corrected chi connectivity index (χ0v) is 16.1. The van der Waals surface area contributed by atoms with Crippen LogP contribution >= 0.6 is 0 Å². The predicted octanol–water partition coefficient (Wildman–Crippen LogP) is 4.60. The van der Waals surface area contributed by atoms with Gasteiger partial charge < -0.3 is 14.7 Å². The van der Waals surface area contributed by atoms with E-state index in [-0.39, 0.29) is 17.9 Å². The molecule has 5 rings (SSSR count). The first kappa shape index (κ1) is 18.0. The molecule has 3 aromatic rings. The lowest BCUT2D eigenvalue weighted by Crippen LogP contribution is -2.52. The third-order valence-corrected chi connectivity index (χ3v) is 6.09. The van der Waals surface area contributed by atoms with Crippen LogP contribution in [0.25, 0.3) is 11.1 Å². The number of nitrogens with zero attached hydrogens (tertiary/aromatic N) is 1. The highest BCUT2D eigenvalue weighted by Crippen LogP contribution is 2.44. The van der Waals surface area contributed by atoms with E-state index in [4.69, 9.17) is 4.74 Å². The Kier molecular flexibility index (Phi) is 4.57.